The van der Waals surface area contributed by atoms with Gasteiger partial charge in [-0.15, -0.1) is 0 Å². The van der Waals surface area contributed by atoms with Crippen molar-refractivity contribution in [3.63, 3.8) is 0 Å². The maximum absolute atomic E-state index is 12.1. The van der Waals surface area contributed by atoms with Gasteiger partial charge in [0.2, 0.25) is 0 Å². The minimum atomic E-state index is -0.883. The molecule has 1 aromatic heterocycles. The van der Waals surface area contributed by atoms with Crippen LogP contribution in [0.2, 0.25) is 0 Å². The topological polar surface area (TPSA) is 90.7 Å². The zero-order valence-corrected chi connectivity index (χ0v) is 9.91. The third-order valence-electron chi connectivity index (χ3n) is 3.19. The van der Waals surface area contributed by atoms with Crippen molar-refractivity contribution in [1.29, 1.82) is 0 Å². The maximum Gasteiger partial charge on any atom is 0.308 e. The normalized spacial score (nSPS) is 23.1. The van der Waals surface area contributed by atoms with Gasteiger partial charge in [0.05, 0.1) is 17.7 Å². The average molecular weight is 250 g/mol. The number of carbonyl (C=O) groups is 2. The van der Waals surface area contributed by atoms with E-state index in [-0.39, 0.29) is 29.7 Å². The van der Waals surface area contributed by atoms with Crippen molar-refractivity contribution >= 4 is 11.9 Å². The predicted molar refractivity (Wildman–Crippen MR) is 62.1 cm³/mol. The summed E-state index contributed by atoms with van der Waals surface area (Å²) in [4.78, 5) is 28.3. The zero-order chi connectivity index (χ0) is 13.3. The molecule has 0 saturated carbocycles. The van der Waals surface area contributed by atoms with Crippen LogP contribution in [0, 0.1) is 11.8 Å². The molecule has 0 spiro atoms. The fourth-order valence-corrected chi connectivity index (χ4v) is 2.18. The molecule has 6 heteroatoms. The van der Waals surface area contributed by atoms with E-state index in [1.54, 1.807) is 0 Å². The first-order valence-corrected chi connectivity index (χ1v) is 5.65. The molecule has 1 aliphatic heterocycles. The van der Waals surface area contributed by atoms with Crippen molar-refractivity contribution < 1.29 is 19.8 Å². The summed E-state index contributed by atoms with van der Waals surface area (Å²) in [5.41, 5.74) is 0.272. The van der Waals surface area contributed by atoms with Crippen molar-refractivity contribution in [1.82, 2.24) is 9.88 Å². The second kappa shape index (κ2) is 4.64. The van der Waals surface area contributed by atoms with Gasteiger partial charge in [-0.2, -0.15) is 0 Å². The van der Waals surface area contributed by atoms with Crippen LogP contribution in [0.25, 0.3) is 0 Å². The van der Waals surface area contributed by atoms with Crippen molar-refractivity contribution in [3.05, 3.63) is 24.0 Å². The van der Waals surface area contributed by atoms with Gasteiger partial charge in [0, 0.05) is 19.3 Å². The number of rotatable bonds is 2. The van der Waals surface area contributed by atoms with Gasteiger partial charge in [0.25, 0.3) is 5.91 Å². The molecule has 18 heavy (non-hydrogen) atoms. The molecule has 1 aromatic rings. The Morgan fingerprint density at radius 1 is 1.39 bits per heavy atom. The highest BCUT2D eigenvalue weighted by Gasteiger charge is 2.37. The number of likely N-dealkylation sites (tertiary alicyclic amines) is 1. The molecule has 2 unspecified atom stereocenters. The summed E-state index contributed by atoms with van der Waals surface area (Å²) in [5.74, 6) is -1.86. The number of aromatic hydroxyl groups is 1. The van der Waals surface area contributed by atoms with Crippen LogP contribution >= 0.6 is 0 Å². The molecule has 1 aliphatic rings. The van der Waals surface area contributed by atoms with Crippen LogP contribution in [0.4, 0.5) is 0 Å². The number of hydrogen-bond donors (Lipinski definition) is 2. The monoisotopic (exact) mass is 250 g/mol. The lowest BCUT2D eigenvalue weighted by atomic mass is 9.99. The van der Waals surface area contributed by atoms with E-state index in [0.29, 0.717) is 6.54 Å². The molecule has 2 atom stereocenters. The van der Waals surface area contributed by atoms with E-state index in [2.05, 4.69) is 4.98 Å². The smallest absolute Gasteiger partial charge is 0.308 e. The van der Waals surface area contributed by atoms with Crippen molar-refractivity contribution in [2.45, 2.75) is 6.92 Å². The van der Waals surface area contributed by atoms with Crippen molar-refractivity contribution in [2.75, 3.05) is 13.1 Å². The molecule has 6 nitrogen and oxygen atoms in total. The number of aromatic nitrogens is 1. The maximum atomic E-state index is 12.1. The molecule has 0 bridgehead atoms. The Balaban J connectivity index is 2.14. The number of carboxylic acid groups (broad SMARTS) is 1. The van der Waals surface area contributed by atoms with Gasteiger partial charge in [-0.3, -0.25) is 14.6 Å². The summed E-state index contributed by atoms with van der Waals surface area (Å²) in [7, 11) is 0. The van der Waals surface area contributed by atoms with Crippen LogP contribution in [-0.4, -0.2) is 45.1 Å². The highest BCUT2D eigenvalue weighted by Crippen LogP contribution is 2.25. The van der Waals surface area contributed by atoms with Crippen molar-refractivity contribution in [2.24, 2.45) is 11.8 Å². The lowest BCUT2D eigenvalue weighted by molar-refractivity contribution is -0.142. The van der Waals surface area contributed by atoms with Crippen LogP contribution in [-0.2, 0) is 4.79 Å². The predicted octanol–water partition coefficient (Wildman–Crippen LogP) is 0.580. The second-order valence-corrected chi connectivity index (χ2v) is 4.56. The number of hydrogen-bond acceptors (Lipinski definition) is 4. The number of carbonyl (C=O) groups excluding carboxylic acids is 1. The highest BCUT2D eigenvalue weighted by molar-refractivity contribution is 5.94. The molecule has 2 N–H and O–H groups in total. The van der Waals surface area contributed by atoms with Crippen LogP contribution in [0.1, 0.15) is 17.3 Å². The molecule has 0 radical (unpaired) electrons. The summed E-state index contributed by atoms with van der Waals surface area (Å²) in [5, 5.41) is 18.3. The van der Waals surface area contributed by atoms with Gasteiger partial charge in [0.1, 0.15) is 5.75 Å². The Kier molecular flexibility index (Phi) is 3.18. The third kappa shape index (κ3) is 2.27. The largest absolute Gasteiger partial charge is 0.506 e. The molecular weight excluding hydrogens is 236 g/mol. The molecule has 1 amide bonds. The quantitative estimate of drug-likeness (QED) is 0.801. The molecule has 2 rings (SSSR count). The fourth-order valence-electron chi connectivity index (χ4n) is 2.18. The Labute approximate surface area is 104 Å². The minimum Gasteiger partial charge on any atom is -0.506 e. The lowest BCUT2D eigenvalue weighted by Crippen LogP contribution is -2.29. The van der Waals surface area contributed by atoms with Crippen molar-refractivity contribution in [3.8, 4) is 5.75 Å². The van der Waals surface area contributed by atoms with Gasteiger partial charge < -0.3 is 15.1 Å². The lowest BCUT2D eigenvalue weighted by Gasteiger charge is -2.15. The Bertz CT molecular complexity index is 489. The van der Waals surface area contributed by atoms with Gasteiger partial charge in [0.15, 0.2) is 0 Å². The summed E-state index contributed by atoms with van der Waals surface area (Å²) in [6, 6.07) is 1.33. The number of aliphatic carboxylic acids is 1. The third-order valence-corrected chi connectivity index (χ3v) is 3.19. The van der Waals surface area contributed by atoms with E-state index in [9.17, 15) is 14.7 Å². The summed E-state index contributed by atoms with van der Waals surface area (Å²) in [6.45, 7) is 2.42. The molecule has 96 valence electrons. The Hall–Kier alpha value is -2.11. The molecular formula is C12H14N2O4. The standard InChI is InChI=1S/C12H14N2O4/c1-7-5-14(6-10(7)12(17)18)11(16)8-2-9(15)4-13-3-8/h2-4,7,10,15H,5-6H2,1H3,(H,17,18). The molecule has 1 fully saturated rings. The van der Waals surface area contributed by atoms with E-state index in [0.717, 1.165) is 0 Å². The van der Waals surface area contributed by atoms with Gasteiger partial charge in [-0.25, -0.2) is 0 Å². The first-order chi connectivity index (χ1) is 8.49. The summed E-state index contributed by atoms with van der Waals surface area (Å²) in [6.07, 6.45) is 2.60. The van der Waals surface area contributed by atoms with E-state index in [1.165, 1.54) is 23.4 Å². The molecule has 0 aromatic carbocycles. The molecule has 2 heterocycles. The number of carboxylic acids is 1. The summed E-state index contributed by atoms with van der Waals surface area (Å²) < 4.78 is 0. The van der Waals surface area contributed by atoms with Crippen LogP contribution in [0.5, 0.6) is 5.75 Å². The first-order valence-electron chi connectivity index (χ1n) is 5.65. The second-order valence-electron chi connectivity index (χ2n) is 4.56. The van der Waals surface area contributed by atoms with Gasteiger partial charge in [-0.1, -0.05) is 6.92 Å². The molecule has 0 aliphatic carbocycles. The van der Waals surface area contributed by atoms with E-state index >= 15 is 0 Å². The number of pyridine rings is 1. The van der Waals surface area contributed by atoms with Crippen LogP contribution < -0.4 is 0 Å². The highest BCUT2D eigenvalue weighted by atomic mass is 16.4. The van der Waals surface area contributed by atoms with Crippen LogP contribution in [0.15, 0.2) is 18.5 Å². The van der Waals surface area contributed by atoms with Gasteiger partial charge >= 0.3 is 5.97 Å². The number of amides is 1. The van der Waals surface area contributed by atoms with Gasteiger partial charge in [-0.05, 0) is 12.0 Å². The van der Waals surface area contributed by atoms with E-state index < -0.39 is 11.9 Å². The molecule has 1 saturated heterocycles. The summed E-state index contributed by atoms with van der Waals surface area (Å²) >= 11 is 0. The average Bonchev–Trinajstić information content (AvgIpc) is 2.70. The first kappa shape index (κ1) is 12.3. The Morgan fingerprint density at radius 2 is 2.11 bits per heavy atom. The minimum absolute atomic E-state index is 0.0725. The van der Waals surface area contributed by atoms with E-state index in [1.807, 2.05) is 6.92 Å². The SMILES string of the molecule is CC1CN(C(=O)c2cncc(O)c2)CC1C(=O)O. The Morgan fingerprint density at radius 3 is 2.67 bits per heavy atom. The van der Waals surface area contributed by atoms with E-state index in [4.69, 9.17) is 5.11 Å². The fraction of sp³-hybridized carbons (Fsp3) is 0.417. The van der Waals surface area contributed by atoms with Crippen LogP contribution in [0.3, 0.4) is 0 Å². The zero-order valence-electron chi connectivity index (χ0n) is 9.91. The number of nitrogens with zero attached hydrogens (tertiary/aromatic N) is 2.